The molecule has 1 aromatic heterocycles. The van der Waals surface area contributed by atoms with Gasteiger partial charge >= 0.3 is 0 Å². The maximum atomic E-state index is 13.1. The molecule has 2 aromatic rings. The quantitative estimate of drug-likeness (QED) is 0.932. The van der Waals surface area contributed by atoms with Crippen molar-refractivity contribution in [3.8, 4) is 5.75 Å². The fourth-order valence-electron chi connectivity index (χ4n) is 2.53. The standard InChI is InChI=1S/C15H18FN3O/c16-12-2-1-3-15(8-12)20-14-4-6-19(7-5-14)10-13-9-17-11-18-13/h1-3,8-9,11,14H,4-7,10H2,(H,17,18). The van der Waals surface area contributed by atoms with E-state index in [0.717, 1.165) is 38.2 Å². The number of nitrogens with zero attached hydrogens (tertiary/aromatic N) is 2. The minimum absolute atomic E-state index is 0.176. The molecule has 1 saturated heterocycles. The predicted molar refractivity (Wildman–Crippen MR) is 73.9 cm³/mol. The minimum Gasteiger partial charge on any atom is -0.490 e. The second-order valence-electron chi connectivity index (χ2n) is 5.13. The molecule has 0 aliphatic carbocycles. The first kappa shape index (κ1) is 13.1. The SMILES string of the molecule is Fc1cccc(OC2CCN(Cc3cnc[nH]3)CC2)c1. The Hall–Kier alpha value is -1.88. The summed E-state index contributed by atoms with van der Waals surface area (Å²) in [6.07, 6.45) is 5.66. The Morgan fingerprint density at radius 3 is 2.90 bits per heavy atom. The number of hydrogen-bond acceptors (Lipinski definition) is 3. The predicted octanol–water partition coefficient (Wildman–Crippen LogP) is 2.59. The second-order valence-corrected chi connectivity index (χ2v) is 5.13. The average Bonchev–Trinajstić information content (AvgIpc) is 2.94. The fourth-order valence-corrected chi connectivity index (χ4v) is 2.53. The van der Waals surface area contributed by atoms with Gasteiger partial charge in [0.05, 0.1) is 6.33 Å². The van der Waals surface area contributed by atoms with E-state index in [-0.39, 0.29) is 11.9 Å². The highest BCUT2D eigenvalue weighted by Crippen LogP contribution is 2.20. The van der Waals surface area contributed by atoms with Crippen molar-refractivity contribution >= 4 is 0 Å². The van der Waals surface area contributed by atoms with E-state index in [4.69, 9.17) is 4.74 Å². The van der Waals surface area contributed by atoms with Gasteiger partial charge in [0, 0.05) is 37.6 Å². The molecule has 0 atom stereocenters. The van der Waals surface area contributed by atoms with E-state index in [1.54, 1.807) is 18.5 Å². The Morgan fingerprint density at radius 1 is 1.35 bits per heavy atom. The van der Waals surface area contributed by atoms with Crippen LogP contribution in [0.4, 0.5) is 4.39 Å². The number of benzene rings is 1. The van der Waals surface area contributed by atoms with Crippen molar-refractivity contribution in [1.29, 1.82) is 0 Å². The van der Waals surface area contributed by atoms with E-state index in [1.807, 2.05) is 6.20 Å². The molecule has 1 fully saturated rings. The Morgan fingerprint density at radius 2 is 2.20 bits per heavy atom. The van der Waals surface area contributed by atoms with Crippen LogP contribution in [0, 0.1) is 5.82 Å². The topological polar surface area (TPSA) is 41.1 Å². The molecule has 2 heterocycles. The molecule has 1 aromatic carbocycles. The molecule has 0 spiro atoms. The molecule has 20 heavy (non-hydrogen) atoms. The van der Waals surface area contributed by atoms with E-state index in [0.29, 0.717) is 5.75 Å². The Balaban J connectivity index is 1.48. The normalized spacial score (nSPS) is 17.2. The molecule has 5 heteroatoms. The van der Waals surface area contributed by atoms with Crippen molar-refractivity contribution < 1.29 is 9.13 Å². The zero-order valence-electron chi connectivity index (χ0n) is 11.3. The summed E-state index contributed by atoms with van der Waals surface area (Å²) in [5, 5.41) is 0. The molecule has 3 rings (SSSR count). The van der Waals surface area contributed by atoms with Crippen LogP contribution >= 0.6 is 0 Å². The molecular formula is C15H18FN3O. The highest BCUT2D eigenvalue weighted by atomic mass is 19.1. The Kier molecular flexibility index (Phi) is 3.97. The first-order valence-electron chi connectivity index (χ1n) is 6.91. The number of aromatic nitrogens is 2. The Bertz CT molecular complexity index is 536. The first-order chi connectivity index (χ1) is 9.79. The van der Waals surface area contributed by atoms with Crippen LogP contribution in [0.5, 0.6) is 5.75 Å². The number of rotatable bonds is 4. The number of halogens is 1. The van der Waals surface area contributed by atoms with Crippen molar-refractivity contribution in [3.05, 3.63) is 48.3 Å². The molecule has 1 aliphatic heterocycles. The van der Waals surface area contributed by atoms with Crippen LogP contribution in [0.25, 0.3) is 0 Å². The third kappa shape index (κ3) is 3.36. The maximum Gasteiger partial charge on any atom is 0.126 e. The first-order valence-corrected chi connectivity index (χ1v) is 6.91. The van der Waals surface area contributed by atoms with Crippen LogP contribution in [-0.2, 0) is 6.54 Å². The third-order valence-electron chi connectivity index (χ3n) is 3.58. The number of likely N-dealkylation sites (tertiary alicyclic amines) is 1. The van der Waals surface area contributed by atoms with Gasteiger partial charge < -0.3 is 9.72 Å². The summed E-state index contributed by atoms with van der Waals surface area (Å²) in [5.74, 6) is 0.371. The second kappa shape index (κ2) is 6.05. The van der Waals surface area contributed by atoms with Crippen LogP contribution in [0.1, 0.15) is 18.5 Å². The number of piperidine rings is 1. The zero-order chi connectivity index (χ0) is 13.8. The van der Waals surface area contributed by atoms with Gasteiger partial charge in [-0.05, 0) is 25.0 Å². The molecule has 0 unspecified atom stereocenters. The van der Waals surface area contributed by atoms with Crippen LogP contribution < -0.4 is 4.74 Å². The highest BCUT2D eigenvalue weighted by Gasteiger charge is 2.20. The summed E-state index contributed by atoms with van der Waals surface area (Å²) >= 11 is 0. The number of imidazole rings is 1. The van der Waals surface area contributed by atoms with Gasteiger partial charge in [0.1, 0.15) is 17.7 Å². The number of hydrogen-bond donors (Lipinski definition) is 1. The minimum atomic E-state index is -0.251. The lowest BCUT2D eigenvalue weighted by atomic mass is 10.1. The van der Waals surface area contributed by atoms with Crippen molar-refractivity contribution in [2.24, 2.45) is 0 Å². The lowest BCUT2D eigenvalue weighted by Crippen LogP contribution is -2.37. The van der Waals surface area contributed by atoms with E-state index < -0.39 is 0 Å². The van der Waals surface area contributed by atoms with Crippen molar-refractivity contribution in [2.45, 2.75) is 25.5 Å². The molecule has 0 bridgehead atoms. The van der Waals surface area contributed by atoms with Crippen LogP contribution in [0.2, 0.25) is 0 Å². The summed E-state index contributed by atoms with van der Waals surface area (Å²) in [7, 11) is 0. The van der Waals surface area contributed by atoms with Crippen LogP contribution in [0.3, 0.4) is 0 Å². The smallest absolute Gasteiger partial charge is 0.126 e. The van der Waals surface area contributed by atoms with Crippen molar-refractivity contribution in [2.75, 3.05) is 13.1 Å². The molecule has 0 radical (unpaired) electrons. The summed E-state index contributed by atoms with van der Waals surface area (Å²) in [6.45, 7) is 2.87. The number of aromatic amines is 1. The van der Waals surface area contributed by atoms with Crippen molar-refractivity contribution in [3.63, 3.8) is 0 Å². The lowest BCUT2D eigenvalue weighted by molar-refractivity contribution is 0.0959. The maximum absolute atomic E-state index is 13.1. The van der Waals surface area contributed by atoms with Gasteiger partial charge in [0.2, 0.25) is 0 Å². The summed E-state index contributed by atoms with van der Waals surface area (Å²) in [4.78, 5) is 9.51. The van der Waals surface area contributed by atoms with E-state index >= 15 is 0 Å². The van der Waals surface area contributed by atoms with Gasteiger partial charge in [-0.1, -0.05) is 6.07 Å². The van der Waals surface area contributed by atoms with E-state index in [9.17, 15) is 4.39 Å². The van der Waals surface area contributed by atoms with Crippen LogP contribution in [-0.4, -0.2) is 34.1 Å². The van der Waals surface area contributed by atoms with Gasteiger partial charge in [-0.15, -0.1) is 0 Å². The molecule has 1 aliphatic rings. The van der Waals surface area contributed by atoms with Crippen molar-refractivity contribution in [1.82, 2.24) is 14.9 Å². The molecule has 0 saturated carbocycles. The third-order valence-corrected chi connectivity index (χ3v) is 3.58. The van der Waals surface area contributed by atoms with Gasteiger partial charge in [-0.3, -0.25) is 4.90 Å². The van der Waals surface area contributed by atoms with Crippen LogP contribution in [0.15, 0.2) is 36.8 Å². The average molecular weight is 275 g/mol. The van der Waals surface area contributed by atoms with Gasteiger partial charge in [0.15, 0.2) is 0 Å². The van der Waals surface area contributed by atoms with E-state index in [1.165, 1.54) is 12.1 Å². The number of ether oxygens (including phenoxy) is 1. The number of H-pyrrole nitrogens is 1. The summed E-state index contributed by atoms with van der Waals surface area (Å²) in [5.41, 5.74) is 1.13. The van der Waals surface area contributed by atoms with Gasteiger partial charge in [0.25, 0.3) is 0 Å². The Labute approximate surface area is 117 Å². The number of nitrogens with one attached hydrogen (secondary N) is 1. The summed E-state index contributed by atoms with van der Waals surface area (Å²) in [6, 6.07) is 6.36. The molecular weight excluding hydrogens is 257 g/mol. The fraction of sp³-hybridized carbons (Fsp3) is 0.400. The monoisotopic (exact) mass is 275 g/mol. The molecule has 1 N–H and O–H groups in total. The largest absolute Gasteiger partial charge is 0.490 e. The van der Waals surface area contributed by atoms with Gasteiger partial charge in [-0.25, -0.2) is 9.37 Å². The van der Waals surface area contributed by atoms with E-state index in [2.05, 4.69) is 14.9 Å². The lowest BCUT2D eigenvalue weighted by Gasteiger charge is -2.31. The molecule has 0 amide bonds. The zero-order valence-corrected chi connectivity index (χ0v) is 11.3. The highest BCUT2D eigenvalue weighted by molar-refractivity contribution is 5.22. The molecule has 106 valence electrons. The summed E-state index contributed by atoms with van der Waals surface area (Å²) < 4.78 is 18.9. The van der Waals surface area contributed by atoms with Gasteiger partial charge in [-0.2, -0.15) is 0 Å². The molecule has 4 nitrogen and oxygen atoms in total.